The molecule has 9 heteroatoms. The Morgan fingerprint density at radius 2 is 1.56 bits per heavy atom. The summed E-state index contributed by atoms with van der Waals surface area (Å²) in [7, 11) is 0. The minimum Gasteiger partial charge on any atom is -0.504 e. The molecule has 0 unspecified atom stereocenters. The van der Waals surface area contributed by atoms with Crippen LogP contribution in [0.5, 0.6) is 11.5 Å². The number of amides is 1. The summed E-state index contributed by atoms with van der Waals surface area (Å²) >= 11 is 0. The highest BCUT2D eigenvalue weighted by Crippen LogP contribution is 2.30. The minimum absolute atomic E-state index is 0.207. The third-order valence-electron chi connectivity index (χ3n) is 4.39. The van der Waals surface area contributed by atoms with E-state index in [-0.39, 0.29) is 34.6 Å². The zero-order chi connectivity index (χ0) is 23.5. The summed E-state index contributed by atoms with van der Waals surface area (Å²) in [5.41, 5.74) is -0.805. The van der Waals surface area contributed by atoms with Crippen LogP contribution in [-0.2, 0) is 6.18 Å². The van der Waals surface area contributed by atoms with Crippen LogP contribution in [0.15, 0.2) is 66.7 Å². The molecule has 0 radical (unpaired) electrons. The van der Waals surface area contributed by atoms with Crippen molar-refractivity contribution in [2.75, 3.05) is 5.32 Å². The quantitative estimate of drug-likeness (QED) is 0.212. The fourth-order valence-electron chi connectivity index (χ4n) is 2.70. The van der Waals surface area contributed by atoms with Gasteiger partial charge in [-0.05, 0) is 66.2 Å². The first kappa shape index (κ1) is 22.5. The van der Waals surface area contributed by atoms with Crippen LogP contribution in [-0.4, -0.2) is 21.9 Å². The van der Waals surface area contributed by atoms with E-state index in [1.54, 1.807) is 0 Å². The van der Waals surface area contributed by atoms with Crippen molar-refractivity contribution in [1.82, 2.24) is 0 Å². The van der Waals surface area contributed by atoms with Crippen LogP contribution in [0.25, 0.3) is 6.08 Å². The van der Waals surface area contributed by atoms with Crippen molar-refractivity contribution >= 4 is 23.5 Å². The van der Waals surface area contributed by atoms with Crippen LogP contribution in [0.3, 0.4) is 0 Å². The number of carbonyl (C=O) groups is 2. The summed E-state index contributed by atoms with van der Waals surface area (Å²) < 4.78 is 51.8. The summed E-state index contributed by atoms with van der Waals surface area (Å²) in [6.07, 6.45) is -2.04. The Balaban J connectivity index is 1.67. The van der Waals surface area contributed by atoms with Crippen molar-refractivity contribution in [3.8, 4) is 11.5 Å². The van der Waals surface area contributed by atoms with Crippen molar-refractivity contribution in [1.29, 1.82) is 0 Å². The Hall–Kier alpha value is -4.14. The fourth-order valence-corrected chi connectivity index (χ4v) is 2.70. The molecule has 0 aliphatic heterocycles. The molecule has 3 rings (SSSR count). The number of benzene rings is 3. The molecular weight excluding hydrogens is 430 g/mol. The van der Waals surface area contributed by atoms with Gasteiger partial charge in [0.15, 0.2) is 17.3 Å². The Bertz CT molecular complexity index is 1200. The van der Waals surface area contributed by atoms with Crippen LogP contribution in [0.1, 0.15) is 31.8 Å². The number of hydrogen-bond acceptors (Lipinski definition) is 4. The van der Waals surface area contributed by atoms with Gasteiger partial charge in [-0.3, -0.25) is 9.59 Å². The maximum absolute atomic E-state index is 13.9. The van der Waals surface area contributed by atoms with Gasteiger partial charge in [-0.1, -0.05) is 12.1 Å². The average Bonchev–Trinajstić information content (AvgIpc) is 2.74. The predicted octanol–water partition coefficient (Wildman–Crippen LogP) is 5.40. The maximum atomic E-state index is 13.9. The fraction of sp³-hybridized carbons (Fsp3) is 0.0435. The number of anilines is 1. The number of allylic oxidation sites excluding steroid dienone is 1. The first-order valence-electron chi connectivity index (χ1n) is 9.07. The van der Waals surface area contributed by atoms with Crippen LogP contribution in [0, 0.1) is 5.82 Å². The number of phenolic OH excluding ortho intramolecular Hbond substituents is 2. The standard InChI is InChI=1S/C23H15F4NO4/c24-18-12-15(23(25,26)27)5-8-17(18)22(32)28-16-6-3-14(4-7-16)19(29)9-1-13-2-10-20(30)21(31)11-13/h1-12,30-31H,(H,28,32)/b9-1+. The molecule has 0 aliphatic rings. The SMILES string of the molecule is O=C(/C=C/c1ccc(O)c(O)c1)c1ccc(NC(=O)c2ccc(C(F)(F)F)cc2F)cc1. The highest BCUT2D eigenvalue weighted by atomic mass is 19.4. The molecule has 0 saturated carbocycles. The molecule has 0 saturated heterocycles. The lowest BCUT2D eigenvalue weighted by molar-refractivity contribution is -0.137. The van der Waals surface area contributed by atoms with E-state index < -0.39 is 29.0 Å². The molecule has 3 aromatic carbocycles. The molecular formula is C23H15F4NO4. The number of hydrogen-bond donors (Lipinski definition) is 3. The second-order valence-corrected chi connectivity index (χ2v) is 6.67. The average molecular weight is 445 g/mol. The third-order valence-corrected chi connectivity index (χ3v) is 4.39. The van der Waals surface area contributed by atoms with Gasteiger partial charge in [-0.2, -0.15) is 13.2 Å². The monoisotopic (exact) mass is 445 g/mol. The smallest absolute Gasteiger partial charge is 0.416 e. The molecule has 0 fully saturated rings. The number of rotatable bonds is 5. The van der Waals surface area contributed by atoms with Gasteiger partial charge in [0.25, 0.3) is 5.91 Å². The molecule has 32 heavy (non-hydrogen) atoms. The van der Waals surface area contributed by atoms with Gasteiger partial charge in [0.1, 0.15) is 5.82 Å². The Morgan fingerprint density at radius 3 is 2.16 bits per heavy atom. The number of halogens is 4. The van der Waals surface area contributed by atoms with E-state index in [2.05, 4.69) is 5.32 Å². The van der Waals surface area contributed by atoms with Gasteiger partial charge in [0.2, 0.25) is 0 Å². The first-order chi connectivity index (χ1) is 15.0. The molecule has 0 atom stereocenters. The molecule has 3 aromatic rings. The largest absolute Gasteiger partial charge is 0.504 e. The maximum Gasteiger partial charge on any atom is 0.416 e. The topological polar surface area (TPSA) is 86.6 Å². The lowest BCUT2D eigenvalue weighted by Crippen LogP contribution is -2.15. The first-order valence-corrected chi connectivity index (χ1v) is 9.07. The molecule has 1 amide bonds. The second-order valence-electron chi connectivity index (χ2n) is 6.67. The van der Waals surface area contributed by atoms with Crippen molar-refractivity contribution in [3.63, 3.8) is 0 Å². The second kappa shape index (κ2) is 8.93. The molecule has 5 nitrogen and oxygen atoms in total. The van der Waals surface area contributed by atoms with Gasteiger partial charge < -0.3 is 15.5 Å². The number of aromatic hydroxyl groups is 2. The summed E-state index contributed by atoms with van der Waals surface area (Å²) in [4.78, 5) is 24.4. The molecule has 0 spiro atoms. The van der Waals surface area contributed by atoms with Gasteiger partial charge in [-0.15, -0.1) is 0 Å². The number of alkyl halides is 3. The van der Waals surface area contributed by atoms with Gasteiger partial charge in [0, 0.05) is 11.3 Å². The molecule has 164 valence electrons. The van der Waals surface area contributed by atoms with Crippen LogP contribution >= 0.6 is 0 Å². The normalized spacial score (nSPS) is 11.5. The van der Waals surface area contributed by atoms with E-state index in [0.29, 0.717) is 11.6 Å². The van der Waals surface area contributed by atoms with Crippen molar-refractivity contribution in [2.24, 2.45) is 0 Å². The predicted molar refractivity (Wildman–Crippen MR) is 109 cm³/mol. The van der Waals surface area contributed by atoms with Crippen LogP contribution < -0.4 is 5.32 Å². The Morgan fingerprint density at radius 1 is 0.875 bits per heavy atom. The number of nitrogens with one attached hydrogen (secondary N) is 1. The molecule has 0 heterocycles. The van der Waals surface area contributed by atoms with Gasteiger partial charge in [-0.25, -0.2) is 4.39 Å². The zero-order valence-electron chi connectivity index (χ0n) is 16.2. The van der Waals surface area contributed by atoms with Crippen molar-refractivity contribution < 1.29 is 37.4 Å². The molecule has 0 aromatic heterocycles. The zero-order valence-corrected chi connectivity index (χ0v) is 16.2. The highest BCUT2D eigenvalue weighted by Gasteiger charge is 2.31. The summed E-state index contributed by atoms with van der Waals surface area (Å²) in [6, 6.07) is 11.2. The van der Waals surface area contributed by atoms with E-state index in [4.69, 9.17) is 0 Å². The van der Waals surface area contributed by atoms with Crippen LogP contribution in [0.2, 0.25) is 0 Å². The third kappa shape index (κ3) is 5.31. The van der Waals surface area contributed by atoms with E-state index in [1.807, 2.05) is 0 Å². The van der Waals surface area contributed by atoms with E-state index in [9.17, 15) is 37.4 Å². The lowest BCUT2D eigenvalue weighted by atomic mass is 10.1. The Labute approximate surface area is 179 Å². The van der Waals surface area contributed by atoms with Crippen LogP contribution in [0.4, 0.5) is 23.2 Å². The summed E-state index contributed by atoms with van der Waals surface area (Å²) in [5.74, 6) is -3.26. The summed E-state index contributed by atoms with van der Waals surface area (Å²) in [5, 5.41) is 21.1. The van der Waals surface area contributed by atoms with Gasteiger partial charge in [0.05, 0.1) is 11.1 Å². The van der Waals surface area contributed by atoms with E-state index in [1.165, 1.54) is 54.6 Å². The minimum atomic E-state index is -4.73. The lowest BCUT2D eigenvalue weighted by Gasteiger charge is -2.10. The highest BCUT2D eigenvalue weighted by molar-refractivity contribution is 6.08. The number of phenols is 2. The Kier molecular flexibility index (Phi) is 6.29. The molecule has 0 aliphatic carbocycles. The number of ketones is 1. The molecule has 3 N–H and O–H groups in total. The van der Waals surface area contributed by atoms with E-state index in [0.717, 1.165) is 6.07 Å². The van der Waals surface area contributed by atoms with Crippen molar-refractivity contribution in [3.05, 3.63) is 94.8 Å². The van der Waals surface area contributed by atoms with E-state index >= 15 is 0 Å². The summed E-state index contributed by atoms with van der Waals surface area (Å²) in [6.45, 7) is 0. The number of carbonyl (C=O) groups excluding carboxylic acids is 2. The molecule has 0 bridgehead atoms. The van der Waals surface area contributed by atoms with Gasteiger partial charge >= 0.3 is 6.18 Å². The van der Waals surface area contributed by atoms with Crippen molar-refractivity contribution in [2.45, 2.75) is 6.18 Å².